The largest absolute Gasteiger partial charge is 0.480 e. The summed E-state index contributed by atoms with van der Waals surface area (Å²) >= 11 is 0. The Morgan fingerprint density at radius 1 is 0.611 bits per heavy atom. The number of unbranched alkanes of at least 4 members (excludes halogenated alkanes) is 1. The van der Waals surface area contributed by atoms with Crippen molar-refractivity contribution in [3.63, 3.8) is 0 Å². The van der Waals surface area contributed by atoms with Crippen molar-refractivity contribution in [2.24, 2.45) is 40.7 Å². The number of aliphatic carboxylic acids is 1. The maximum absolute atomic E-state index is 14.5. The first-order valence-electron chi connectivity index (χ1n) is 24.7. The number of hydrogen-bond donors (Lipinski definition) is 14. The number of nitrogens with one attached hydrogen (secondary N) is 7. The molecule has 1 fully saturated rings. The fourth-order valence-electron chi connectivity index (χ4n) is 7.74. The topological polar surface area (TPSA) is 440 Å². The third-order valence-electron chi connectivity index (χ3n) is 12.5. The lowest BCUT2D eigenvalue weighted by Gasteiger charge is -2.33. The van der Waals surface area contributed by atoms with Gasteiger partial charge in [0.05, 0.1) is 18.8 Å². The maximum atomic E-state index is 14.5. The van der Waals surface area contributed by atoms with Crippen LogP contribution in [0.25, 0.3) is 0 Å². The van der Waals surface area contributed by atoms with Crippen molar-refractivity contribution >= 4 is 65.0 Å². The first-order chi connectivity index (χ1) is 33.7. The van der Waals surface area contributed by atoms with Crippen molar-refractivity contribution in [2.75, 3.05) is 19.7 Å². The predicted molar refractivity (Wildman–Crippen MR) is 261 cm³/mol. The number of carboxylic acids is 1. The van der Waals surface area contributed by atoms with Gasteiger partial charge in [-0.1, -0.05) is 54.4 Å². The van der Waals surface area contributed by atoms with Crippen molar-refractivity contribution in [2.45, 2.75) is 186 Å². The van der Waals surface area contributed by atoms with Crippen molar-refractivity contribution in [3.8, 4) is 0 Å². The van der Waals surface area contributed by atoms with Gasteiger partial charge in [-0.25, -0.2) is 4.79 Å². The molecule has 0 radical (unpaired) electrons. The third kappa shape index (κ3) is 21.4. The van der Waals surface area contributed by atoms with Crippen LogP contribution < -0.4 is 60.2 Å². The number of likely N-dealkylation sites (tertiary alicyclic amines) is 1. The Morgan fingerprint density at radius 2 is 1.10 bits per heavy atom. The molecule has 12 atom stereocenters. The summed E-state index contributed by atoms with van der Waals surface area (Å²) in [5, 5.41) is 47.3. The van der Waals surface area contributed by atoms with Crippen LogP contribution in [0.15, 0.2) is 0 Å². The van der Waals surface area contributed by atoms with Crippen molar-refractivity contribution in [1.29, 1.82) is 0 Å². The van der Waals surface area contributed by atoms with Crippen LogP contribution in [0.1, 0.15) is 126 Å². The molecule has 1 heterocycles. The number of carbonyl (C=O) groups is 11. The Hall–Kier alpha value is -5.99. The molecule has 0 aromatic heterocycles. The van der Waals surface area contributed by atoms with Crippen LogP contribution in [0.5, 0.6) is 0 Å². The van der Waals surface area contributed by atoms with Gasteiger partial charge in [0.1, 0.15) is 42.3 Å². The first-order valence-corrected chi connectivity index (χ1v) is 24.7. The van der Waals surface area contributed by atoms with E-state index in [0.717, 1.165) is 0 Å². The van der Waals surface area contributed by atoms with Gasteiger partial charge in [-0.3, -0.25) is 47.9 Å². The van der Waals surface area contributed by atoms with E-state index in [-0.39, 0.29) is 64.0 Å². The molecule has 0 aromatic carbocycles. The lowest BCUT2D eigenvalue weighted by Crippen LogP contribution is -2.62. The van der Waals surface area contributed by atoms with Crippen LogP contribution in [0.2, 0.25) is 0 Å². The molecule has 1 aliphatic heterocycles. The maximum Gasteiger partial charge on any atom is 0.328 e. The zero-order valence-electron chi connectivity index (χ0n) is 42.7. The van der Waals surface area contributed by atoms with Gasteiger partial charge in [-0.05, 0) is 82.6 Å². The van der Waals surface area contributed by atoms with Crippen LogP contribution in [0.3, 0.4) is 0 Å². The van der Waals surface area contributed by atoms with Gasteiger partial charge < -0.3 is 80.4 Å². The quantitative estimate of drug-likeness (QED) is 0.0273. The first kappa shape index (κ1) is 64.0. The zero-order chi connectivity index (χ0) is 55.0. The van der Waals surface area contributed by atoms with Gasteiger partial charge in [0, 0.05) is 19.4 Å². The summed E-state index contributed by atoms with van der Waals surface area (Å²) in [5.41, 5.74) is 22.0. The van der Waals surface area contributed by atoms with E-state index in [9.17, 15) is 68.1 Å². The molecular formula is C46H82N12O14. The number of amides is 10. The fraction of sp³-hybridized carbons (Fsp3) is 0.761. The van der Waals surface area contributed by atoms with Crippen LogP contribution in [0.4, 0.5) is 0 Å². The molecule has 18 N–H and O–H groups in total. The average molecular weight is 1030 g/mol. The Morgan fingerprint density at radius 3 is 1.62 bits per heavy atom. The second-order valence-corrected chi connectivity index (χ2v) is 19.0. The van der Waals surface area contributed by atoms with E-state index < -0.39 is 144 Å². The minimum atomic E-state index is -1.70. The lowest BCUT2D eigenvalue weighted by molar-refractivity contribution is -0.146. The van der Waals surface area contributed by atoms with E-state index >= 15 is 0 Å². The summed E-state index contributed by atoms with van der Waals surface area (Å²) in [6.07, 6.45) is -0.276. The molecular weight excluding hydrogens is 945 g/mol. The van der Waals surface area contributed by atoms with E-state index in [2.05, 4.69) is 37.2 Å². The van der Waals surface area contributed by atoms with Crippen molar-refractivity contribution < 1.29 is 68.1 Å². The molecule has 0 spiro atoms. The highest BCUT2D eigenvalue weighted by molar-refractivity contribution is 5.98. The second-order valence-electron chi connectivity index (χ2n) is 19.0. The number of nitrogens with two attached hydrogens (primary N) is 4. The molecule has 26 heteroatoms. The predicted octanol–water partition coefficient (Wildman–Crippen LogP) is -4.05. The molecule has 0 aromatic rings. The van der Waals surface area contributed by atoms with E-state index in [1.807, 2.05) is 0 Å². The highest BCUT2D eigenvalue weighted by Gasteiger charge is 2.42. The molecule has 72 heavy (non-hydrogen) atoms. The molecule has 26 nitrogen and oxygen atoms in total. The van der Waals surface area contributed by atoms with Crippen LogP contribution >= 0.6 is 0 Å². The van der Waals surface area contributed by atoms with Gasteiger partial charge in [-0.2, -0.15) is 0 Å². The Labute approximate surface area is 420 Å². The van der Waals surface area contributed by atoms with Crippen LogP contribution in [0, 0.1) is 17.8 Å². The fourth-order valence-corrected chi connectivity index (χ4v) is 7.74. The molecule has 1 saturated heterocycles. The number of primary amides is 2. The van der Waals surface area contributed by atoms with Gasteiger partial charge in [-0.15, -0.1) is 0 Å². The Kier molecular flexibility index (Phi) is 28.6. The van der Waals surface area contributed by atoms with Crippen LogP contribution in [-0.4, -0.2) is 165 Å². The summed E-state index contributed by atoms with van der Waals surface area (Å²) in [6.45, 7) is 11.1. The number of carbonyl (C=O) groups excluding carboxylic acids is 10. The number of nitrogens with zero attached hydrogens (tertiary/aromatic N) is 1. The Bertz CT molecular complexity index is 1870. The van der Waals surface area contributed by atoms with Crippen molar-refractivity contribution in [1.82, 2.24) is 42.1 Å². The van der Waals surface area contributed by atoms with E-state index in [4.69, 9.17) is 22.9 Å². The van der Waals surface area contributed by atoms with Crippen molar-refractivity contribution in [3.05, 3.63) is 0 Å². The van der Waals surface area contributed by atoms with E-state index in [1.165, 1.54) is 11.8 Å². The summed E-state index contributed by atoms with van der Waals surface area (Å²) < 4.78 is 0. The highest BCUT2D eigenvalue weighted by atomic mass is 16.4. The average Bonchev–Trinajstić information content (AvgIpc) is 3.82. The minimum absolute atomic E-state index is 0.0448. The number of aliphatic hydroxyl groups is 2. The van der Waals surface area contributed by atoms with Gasteiger partial charge in [0.25, 0.3) is 0 Å². The van der Waals surface area contributed by atoms with E-state index in [0.29, 0.717) is 32.1 Å². The SMILES string of the molecule is CC[C@H](C)[C@H](NC(=O)[C@H](CO)NC(=O)[C@H](CCC(N)=O)NC(=O)[C@@H](N)CCC(N)=O)C(=O)N[C@@H](CCCCN)C(=O)N[C@H](C(=O)N1CCC[C@H]1C(=O)N[C@@H](CC(C)C)C(=O)N[C@H](C(=O)O)[C@@H](C)O)[C@@H](C)CC. The Balaban J connectivity index is 3.40. The minimum Gasteiger partial charge on any atom is -0.480 e. The van der Waals surface area contributed by atoms with E-state index in [1.54, 1.807) is 41.5 Å². The van der Waals surface area contributed by atoms with Gasteiger partial charge >= 0.3 is 5.97 Å². The van der Waals surface area contributed by atoms with Gasteiger partial charge in [0.15, 0.2) is 6.04 Å². The third-order valence-corrected chi connectivity index (χ3v) is 12.5. The molecule has 0 saturated carbocycles. The zero-order valence-corrected chi connectivity index (χ0v) is 42.7. The number of aliphatic hydroxyl groups excluding tert-OH is 2. The molecule has 1 aliphatic rings. The summed E-state index contributed by atoms with van der Waals surface area (Å²) in [4.78, 5) is 146. The monoisotopic (exact) mass is 1030 g/mol. The second kappa shape index (κ2) is 32.2. The molecule has 0 unspecified atom stereocenters. The number of carboxylic acid groups (broad SMARTS) is 1. The molecule has 0 bridgehead atoms. The molecule has 1 rings (SSSR count). The molecule has 410 valence electrons. The highest BCUT2D eigenvalue weighted by Crippen LogP contribution is 2.23. The standard InChI is InChI=1S/C46H82N12O14/c1-8-24(5)35(55-42(67)31(22-59)54-39(64)29(16-18-34(50)62)51-38(63)27(48)15-17-33(49)61)44(69)52-28(13-10-11-19-47)40(65)56-36(25(6)9-2)45(70)58-20-12-14-32(58)43(68)53-30(21-23(3)4)41(66)57-37(26(7)60)46(71)72/h23-32,35-37,59-60H,8-22,47-48H2,1-7H3,(H2,49,61)(H2,50,62)(H,51,63)(H,52,69)(H,53,68)(H,54,64)(H,55,67)(H,56,65)(H,57,66)(H,71,72)/t24-,25-,26+,27-,28-,29-,30-,31-,32-,35-,36-,37-/m0/s1. The number of hydrogen-bond acceptors (Lipinski definition) is 15. The smallest absolute Gasteiger partial charge is 0.328 e. The van der Waals surface area contributed by atoms with Gasteiger partial charge in [0.2, 0.25) is 59.1 Å². The summed E-state index contributed by atoms with van der Waals surface area (Å²) in [6, 6.07) is -12.2. The summed E-state index contributed by atoms with van der Waals surface area (Å²) in [7, 11) is 0. The molecule has 10 amide bonds. The summed E-state index contributed by atoms with van der Waals surface area (Å²) in [5.74, 6) is -10.9. The molecule has 0 aliphatic carbocycles. The van der Waals surface area contributed by atoms with Crippen LogP contribution in [-0.2, 0) is 52.7 Å². The normalized spacial score (nSPS) is 18.0. The number of rotatable bonds is 34. The lowest BCUT2D eigenvalue weighted by atomic mass is 9.95.